The Bertz CT molecular complexity index is 1030. The third kappa shape index (κ3) is 5.86. The predicted octanol–water partition coefficient (Wildman–Crippen LogP) is 5.05. The van der Waals surface area contributed by atoms with Crippen molar-refractivity contribution in [1.29, 1.82) is 0 Å². The highest BCUT2D eigenvalue weighted by atomic mass is 19.4. The molecule has 0 unspecified atom stereocenters. The minimum Gasteiger partial charge on any atom is -0.391 e. The summed E-state index contributed by atoms with van der Waals surface area (Å²) in [5.74, 6) is -0.0527. The third-order valence-corrected chi connectivity index (χ3v) is 7.68. The number of nitrogens with zero attached hydrogens (tertiary/aromatic N) is 3. The van der Waals surface area contributed by atoms with Crippen molar-refractivity contribution in [3.63, 3.8) is 0 Å². The maximum atomic E-state index is 13.2. The maximum absolute atomic E-state index is 13.2. The largest absolute Gasteiger partial charge is 0.395 e. The number of β-amino-alcohol motifs (C(OH)–C–C–N with tert-alkyl or cyclic N) is 1. The summed E-state index contributed by atoms with van der Waals surface area (Å²) < 4.78 is 39.7. The van der Waals surface area contributed by atoms with Gasteiger partial charge in [-0.25, -0.2) is 0 Å². The van der Waals surface area contributed by atoms with Crippen LogP contribution in [0.1, 0.15) is 43.5 Å². The molecule has 0 saturated carbocycles. The van der Waals surface area contributed by atoms with Gasteiger partial charge in [-0.15, -0.1) is 0 Å². The van der Waals surface area contributed by atoms with Crippen LogP contribution in [0.15, 0.2) is 48.5 Å². The van der Waals surface area contributed by atoms with Crippen molar-refractivity contribution in [3.05, 3.63) is 54.1 Å². The van der Waals surface area contributed by atoms with Crippen LogP contribution in [0.4, 0.5) is 18.9 Å². The summed E-state index contributed by atoms with van der Waals surface area (Å²) in [4.78, 5) is 18.4. The number of hydrogen-bond acceptors (Lipinski definition) is 4. The van der Waals surface area contributed by atoms with E-state index in [0.717, 1.165) is 29.7 Å². The zero-order valence-electron chi connectivity index (χ0n) is 21.3. The Morgan fingerprint density at radius 2 is 1.50 bits per heavy atom. The number of anilines is 1. The molecule has 8 heteroatoms. The molecular weight excluding hydrogens is 467 g/mol. The molecule has 4 rings (SSSR count). The number of alkyl halides is 3. The van der Waals surface area contributed by atoms with E-state index in [2.05, 4.69) is 29.2 Å². The summed E-state index contributed by atoms with van der Waals surface area (Å²) in [7, 11) is 2.05. The van der Waals surface area contributed by atoms with Gasteiger partial charge in [-0.1, -0.05) is 24.3 Å². The minimum absolute atomic E-state index is 0.0337. The molecule has 2 aromatic rings. The molecule has 1 amide bonds. The van der Waals surface area contributed by atoms with Crippen molar-refractivity contribution in [2.75, 3.05) is 44.7 Å². The smallest absolute Gasteiger partial charge is 0.391 e. The molecule has 1 N–H and O–H groups in total. The number of aliphatic hydroxyl groups excluding tert-OH is 1. The predicted molar refractivity (Wildman–Crippen MR) is 136 cm³/mol. The van der Waals surface area contributed by atoms with Gasteiger partial charge in [-0.3, -0.25) is 4.79 Å². The van der Waals surface area contributed by atoms with Crippen molar-refractivity contribution in [2.24, 2.45) is 5.41 Å². The summed E-state index contributed by atoms with van der Waals surface area (Å²) >= 11 is 0. The fourth-order valence-corrected chi connectivity index (χ4v) is 5.13. The normalized spacial score (nSPS) is 20.1. The molecule has 0 aliphatic carbocycles. The first-order valence-electron chi connectivity index (χ1n) is 12.6. The maximum Gasteiger partial charge on any atom is 0.395 e. The van der Waals surface area contributed by atoms with Gasteiger partial charge in [0.1, 0.15) is 0 Å². The molecule has 0 aromatic heterocycles. The zero-order valence-corrected chi connectivity index (χ0v) is 21.3. The lowest BCUT2D eigenvalue weighted by atomic mass is 9.90. The first kappa shape index (κ1) is 26.5. The number of carbonyl (C=O) groups is 1. The molecular formula is C28H36F3N3O2. The fourth-order valence-electron chi connectivity index (χ4n) is 5.13. The number of rotatable bonds is 6. The highest BCUT2D eigenvalue weighted by Gasteiger charge is 2.48. The highest BCUT2D eigenvalue weighted by Crippen LogP contribution is 2.38. The standard InChI is InChI=1S/C28H36F3N3O2/c1-27(2,28(29,30)31)19-33-15-12-24(13-16-33)32(3)23-10-8-21(9-11-23)20-4-6-22(7-5-20)26(36)34-17-14-25(35)18-34/h4-11,24-25,35H,12-19H2,1-3H3/t25-/m0/s1. The van der Waals surface area contributed by atoms with Crippen molar-refractivity contribution >= 4 is 11.6 Å². The molecule has 36 heavy (non-hydrogen) atoms. The molecule has 196 valence electrons. The lowest BCUT2D eigenvalue weighted by Gasteiger charge is -2.41. The average Bonchev–Trinajstić information content (AvgIpc) is 3.29. The van der Waals surface area contributed by atoms with Crippen LogP contribution >= 0.6 is 0 Å². The Morgan fingerprint density at radius 3 is 2.00 bits per heavy atom. The summed E-state index contributed by atoms with van der Waals surface area (Å²) in [5, 5.41) is 9.67. The number of carbonyl (C=O) groups excluding carboxylic acids is 1. The number of aliphatic hydroxyl groups is 1. The second kappa shape index (κ2) is 10.4. The lowest BCUT2D eigenvalue weighted by Crippen LogP contribution is -2.49. The summed E-state index contributed by atoms with van der Waals surface area (Å²) in [6, 6.07) is 16.1. The van der Waals surface area contributed by atoms with Crippen LogP contribution in [-0.2, 0) is 0 Å². The van der Waals surface area contributed by atoms with Gasteiger partial charge < -0.3 is 19.8 Å². The van der Waals surface area contributed by atoms with Gasteiger partial charge in [0.25, 0.3) is 5.91 Å². The van der Waals surface area contributed by atoms with E-state index < -0.39 is 17.7 Å². The van der Waals surface area contributed by atoms with Gasteiger partial charge in [0.2, 0.25) is 0 Å². The molecule has 5 nitrogen and oxygen atoms in total. The van der Waals surface area contributed by atoms with Gasteiger partial charge in [0.15, 0.2) is 0 Å². The van der Waals surface area contributed by atoms with E-state index in [-0.39, 0.29) is 18.5 Å². The fraction of sp³-hybridized carbons (Fsp3) is 0.536. The Balaban J connectivity index is 1.33. The van der Waals surface area contributed by atoms with Crippen LogP contribution < -0.4 is 4.90 Å². The first-order chi connectivity index (χ1) is 16.9. The summed E-state index contributed by atoms with van der Waals surface area (Å²) in [5.41, 5.74) is 2.06. The second-order valence-corrected chi connectivity index (χ2v) is 10.8. The Hall–Kier alpha value is -2.58. The van der Waals surface area contributed by atoms with Gasteiger partial charge >= 0.3 is 6.18 Å². The molecule has 2 heterocycles. The molecule has 0 radical (unpaired) electrons. The third-order valence-electron chi connectivity index (χ3n) is 7.68. The summed E-state index contributed by atoms with van der Waals surface area (Å²) in [6.07, 6.45) is -2.35. The van der Waals surface area contributed by atoms with Gasteiger partial charge in [0.05, 0.1) is 11.5 Å². The van der Waals surface area contributed by atoms with Gasteiger partial charge in [0, 0.05) is 57.1 Å². The van der Waals surface area contributed by atoms with E-state index in [4.69, 9.17) is 0 Å². The van der Waals surface area contributed by atoms with Crippen LogP contribution in [0.5, 0.6) is 0 Å². The highest BCUT2D eigenvalue weighted by molar-refractivity contribution is 5.95. The van der Waals surface area contributed by atoms with Crippen LogP contribution in [0.2, 0.25) is 0 Å². The molecule has 2 fully saturated rings. The van der Waals surface area contributed by atoms with Crippen molar-refractivity contribution in [1.82, 2.24) is 9.80 Å². The van der Waals surface area contributed by atoms with Crippen molar-refractivity contribution in [2.45, 2.75) is 51.4 Å². The van der Waals surface area contributed by atoms with Crippen LogP contribution in [-0.4, -0.2) is 78.9 Å². The second-order valence-electron chi connectivity index (χ2n) is 10.8. The van der Waals surface area contributed by atoms with E-state index in [1.54, 1.807) is 4.90 Å². The number of likely N-dealkylation sites (tertiary alicyclic amines) is 2. The molecule has 0 bridgehead atoms. The summed E-state index contributed by atoms with van der Waals surface area (Å²) in [6.45, 7) is 4.88. The van der Waals surface area contributed by atoms with Gasteiger partial charge in [-0.05, 0) is 68.5 Å². The number of halogens is 3. The number of piperidine rings is 1. The van der Waals surface area contributed by atoms with E-state index >= 15 is 0 Å². The zero-order chi connectivity index (χ0) is 26.1. The minimum atomic E-state index is -4.20. The number of hydrogen-bond donors (Lipinski definition) is 1. The van der Waals surface area contributed by atoms with Crippen LogP contribution in [0.25, 0.3) is 11.1 Å². The Labute approximate surface area is 211 Å². The molecule has 2 saturated heterocycles. The Kier molecular flexibility index (Phi) is 7.67. The first-order valence-corrected chi connectivity index (χ1v) is 12.6. The Morgan fingerprint density at radius 1 is 0.944 bits per heavy atom. The van der Waals surface area contributed by atoms with Gasteiger partial charge in [-0.2, -0.15) is 13.2 Å². The van der Waals surface area contributed by atoms with E-state index in [1.165, 1.54) is 13.8 Å². The molecule has 0 spiro atoms. The van der Waals surface area contributed by atoms with Crippen molar-refractivity contribution < 1.29 is 23.1 Å². The van der Waals surface area contributed by atoms with Crippen LogP contribution in [0.3, 0.4) is 0 Å². The van der Waals surface area contributed by atoms with Crippen molar-refractivity contribution in [3.8, 4) is 11.1 Å². The van der Waals surface area contributed by atoms with Crippen LogP contribution in [0, 0.1) is 5.41 Å². The molecule has 2 aliphatic rings. The molecule has 2 aromatic carbocycles. The molecule has 1 atom stereocenters. The topological polar surface area (TPSA) is 47.0 Å². The molecule has 2 aliphatic heterocycles. The lowest BCUT2D eigenvalue weighted by molar-refractivity contribution is -0.217. The van der Waals surface area contributed by atoms with E-state index in [0.29, 0.717) is 38.2 Å². The number of benzene rings is 2. The quantitative estimate of drug-likeness (QED) is 0.600. The SMILES string of the molecule is CN(c1ccc(-c2ccc(C(=O)N3CC[C@H](O)C3)cc2)cc1)C1CCN(CC(C)(C)C(F)(F)F)CC1. The number of amides is 1. The van der Waals surface area contributed by atoms with E-state index in [1.807, 2.05) is 36.2 Å². The average molecular weight is 504 g/mol. The monoisotopic (exact) mass is 503 g/mol. The van der Waals surface area contributed by atoms with E-state index in [9.17, 15) is 23.1 Å².